The summed E-state index contributed by atoms with van der Waals surface area (Å²) in [5.74, 6) is 0.935. The Hall–Kier alpha value is -1.46. The van der Waals surface area contributed by atoms with Crippen LogP contribution < -0.4 is 0 Å². The van der Waals surface area contributed by atoms with Crippen LogP contribution in [-0.2, 0) is 9.47 Å². The van der Waals surface area contributed by atoms with Gasteiger partial charge < -0.3 is 9.47 Å². The number of hydrogen-bond donors (Lipinski definition) is 2. The van der Waals surface area contributed by atoms with Crippen molar-refractivity contribution in [1.29, 1.82) is 10.8 Å². The van der Waals surface area contributed by atoms with Gasteiger partial charge in [-0.3, -0.25) is 10.8 Å². The maximum Gasteiger partial charge on any atom is 0.210 e. The van der Waals surface area contributed by atoms with Crippen LogP contribution in [-0.4, -0.2) is 36.1 Å². The molecule has 0 spiro atoms. The molecular weight excluding hydrogens is 304 g/mol. The molecule has 0 aliphatic carbocycles. The van der Waals surface area contributed by atoms with E-state index in [-0.39, 0.29) is 11.8 Å². The normalized spacial score (nSPS) is 16.9. The van der Waals surface area contributed by atoms with Crippen LogP contribution in [0.5, 0.6) is 0 Å². The van der Waals surface area contributed by atoms with Gasteiger partial charge in [-0.1, -0.05) is 27.7 Å². The van der Waals surface area contributed by atoms with Crippen molar-refractivity contribution in [2.75, 3.05) is 13.2 Å². The predicted molar refractivity (Wildman–Crippen MR) is 99.3 cm³/mol. The van der Waals surface area contributed by atoms with E-state index in [1.807, 2.05) is 27.7 Å². The highest BCUT2D eigenvalue weighted by Gasteiger charge is 2.37. The van der Waals surface area contributed by atoms with E-state index in [0.29, 0.717) is 37.9 Å². The second kappa shape index (κ2) is 9.74. The summed E-state index contributed by atoms with van der Waals surface area (Å²) in [6, 6.07) is 0. The minimum Gasteiger partial charge on any atom is -0.480 e. The number of nitrogens with zero attached hydrogens (tertiary/aromatic N) is 2. The second-order valence-corrected chi connectivity index (χ2v) is 7.47. The molecule has 0 bridgehead atoms. The molecule has 0 aliphatic heterocycles. The standard InChI is InChI=1S/C18H36N4O2/c1-9-23-15(19)17(7,11-13(3)4)21-22-18(8,12-14(5)6)16(20)24-10-2/h13-14,19-20H,9-12H2,1-8H3. The number of azo groups is 1. The van der Waals surface area contributed by atoms with E-state index in [2.05, 4.69) is 37.9 Å². The molecule has 6 heteroatoms. The first-order chi connectivity index (χ1) is 11.0. The van der Waals surface area contributed by atoms with E-state index < -0.39 is 11.1 Å². The molecule has 140 valence electrons. The van der Waals surface area contributed by atoms with Gasteiger partial charge in [-0.15, -0.1) is 0 Å². The van der Waals surface area contributed by atoms with E-state index in [9.17, 15) is 0 Å². The Balaban J connectivity index is 5.64. The number of hydrogen-bond acceptors (Lipinski definition) is 6. The summed E-state index contributed by atoms with van der Waals surface area (Å²) >= 11 is 0. The molecule has 24 heavy (non-hydrogen) atoms. The van der Waals surface area contributed by atoms with Crippen LogP contribution in [0.15, 0.2) is 10.2 Å². The summed E-state index contributed by atoms with van der Waals surface area (Å²) in [5.41, 5.74) is -1.65. The Morgan fingerprint density at radius 3 is 1.29 bits per heavy atom. The first-order valence-electron chi connectivity index (χ1n) is 8.88. The summed E-state index contributed by atoms with van der Waals surface area (Å²) in [4.78, 5) is 0. The van der Waals surface area contributed by atoms with E-state index in [4.69, 9.17) is 20.3 Å². The van der Waals surface area contributed by atoms with Gasteiger partial charge in [0.25, 0.3) is 0 Å². The third kappa shape index (κ3) is 6.97. The van der Waals surface area contributed by atoms with Crippen LogP contribution in [0.2, 0.25) is 0 Å². The van der Waals surface area contributed by atoms with Gasteiger partial charge in [-0.05, 0) is 52.4 Å². The zero-order valence-electron chi connectivity index (χ0n) is 16.7. The molecule has 6 nitrogen and oxygen atoms in total. The number of rotatable bonds is 10. The predicted octanol–water partition coefficient (Wildman–Crippen LogP) is 5.08. The summed E-state index contributed by atoms with van der Waals surface area (Å²) in [6.45, 7) is 16.7. The van der Waals surface area contributed by atoms with Crippen molar-refractivity contribution in [3.63, 3.8) is 0 Å². The Kier molecular flexibility index (Phi) is 9.15. The third-order valence-electron chi connectivity index (χ3n) is 3.66. The molecule has 0 amide bonds. The fourth-order valence-electron chi connectivity index (χ4n) is 2.77. The first-order valence-corrected chi connectivity index (χ1v) is 8.88. The topological polar surface area (TPSA) is 90.9 Å². The van der Waals surface area contributed by atoms with Gasteiger partial charge in [0.2, 0.25) is 11.8 Å². The lowest BCUT2D eigenvalue weighted by Gasteiger charge is -2.30. The molecule has 0 aromatic carbocycles. The molecule has 2 unspecified atom stereocenters. The van der Waals surface area contributed by atoms with Crippen molar-refractivity contribution in [3.05, 3.63) is 0 Å². The van der Waals surface area contributed by atoms with Crippen LogP contribution in [0.3, 0.4) is 0 Å². The zero-order chi connectivity index (χ0) is 19.0. The van der Waals surface area contributed by atoms with Crippen LogP contribution in [0, 0.1) is 22.7 Å². The smallest absolute Gasteiger partial charge is 0.210 e. The van der Waals surface area contributed by atoms with Gasteiger partial charge in [0.15, 0.2) is 11.1 Å². The zero-order valence-corrected chi connectivity index (χ0v) is 16.7. The molecule has 2 atom stereocenters. The molecule has 0 radical (unpaired) electrons. The highest BCUT2D eigenvalue weighted by Crippen LogP contribution is 2.29. The first kappa shape index (κ1) is 22.5. The molecule has 2 N–H and O–H groups in total. The van der Waals surface area contributed by atoms with Crippen LogP contribution in [0.25, 0.3) is 0 Å². The molecule has 0 rings (SSSR count). The minimum atomic E-state index is -0.824. The highest BCUT2D eigenvalue weighted by molar-refractivity contribution is 5.84. The van der Waals surface area contributed by atoms with Gasteiger partial charge in [0, 0.05) is 0 Å². The maximum absolute atomic E-state index is 8.21. The molecule has 0 saturated carbocycles. The maximum atomic E-state index is 8.21. The lowest BCUT2D eigenvalue weighted by molar-refractivity contribution is 0.256. The Labute approximate surface area is 147 Å². The average molecular weight is 341 g/mol. The quantitative estimate of drug-likeness (QED) is 0.330. The number of ether oxygens (including phenoxy) is 2. The van der Waals surface area contributed by atoms with Crippen molar-refractivity contribution < 1.29 is 9.47 Å². The molecule has 0 saturated heterocycles. The van der Waals surface area contributed by atoms with Gasteiger partial charge in [-0.2, -0.15) is 10.2 Å². The fourth-order valence-corrected chi connectivity index (χ4v) is 2.77. The average Bonchev–Trinajstić information content (AvgIpc) is 2.44. The van der Waals surface area contributed by atoms with Crippen molar-refractivity contribution in [1.82, 2.24) is 0 Å². The Bertz CT molecular complexity index is 408. The van der Waals surface area contributed by atoms with Crippen LogP contribution in [0.1, 0.15) is 68.2 Å². The van der Waals surface area contributed by atoms with Crippen LogP contribution in [0.4, 0.5) is 0 Å². The van der Waals surface area contributed by atoms with Crippen molar-refractivity contribution in [3.8, 4) is 0 Å². The summed E-state index contributed by atoms with van der Waals surface area (Å²) in [7, 11) is 0. The second-order valence-electron chi connectivity index (χ2n) is 7.47. The minimum absolute atomic E-state index is 0.122. The van der Waals surface area contributed by atoms with Crippen LogP contribution >= 0.6 is 0 Å². The fraction of sp³-hybridized carbons (Fsp3) is 0.889. The van der Waals surface area contributed by atoms with Gasteiger partial charge >= 0.3 is 0 Å². The Morgan fingerprint density at radius 2 is 1.08 bits per heavy atom. The lowest BCUT2D eigenvalue weighted by atomic mass is 9.90. The summed E-state index contributed by atoms with van der Waals surface area (Å²) in [5, 5.41) is 25.4. The monoisotopic (exact) mass is 340 g/mol. The van der Waals surface area contributed by atoms with Crippen molar-refractivity contribution in [2.45, 2.75) is 79.3 Å². The summed E-state index contributed by atoms with van der Waals surface area (Å²) < 4.78 is 10.8. The largest absolute Gasteiger partial charge is 0.480 e. The molecule has 0 aliphatic rings. The SMILES string of the molecule is CCOC(=N)C(C)(CC(C)C)N=NC(C)(CC(C)C)C(=N)OCC. The summed E-state index contributed by atoms with van der Waals surface area (Å²) in [6.07, 6.45) is 1.32. The van der Waals surface area contributed by atoms with Gasteiger partial charge in [0.1, 0.15) is 0 Å². The van der Waals surface area contributed by atoms with E-state index in [0.717, 1.165) is 0 Å². The van der Waals surface area contributed by atoms with Crippen molar-refractivity contribution in [2.24, 2.45) is 22.1 Å². The van der Waals surface area contributed by atoms with Gasteiger partial charge in [0.05, 0.1) is 13.2 Å². The van der Waals surface area contributed by atoms with E-state index in [1.165, 1.54) is 0 Å². The highest BCUT2D eigenvalue weighted by atomic mass is 16.5. The lowest BCUT2D eigenvalue weighted by Crippen LogP contribution is -2.39. The molecule has 0 heterocycles. The van der Waals surface area contributed by atoms with E-state index >= 15 is 0 Å². The number of nitrogens with one attached hydrogen (secondary N) is 2. The Morgan fingerprint density at radius 1 is 0.792 bits per heavy atom. The molecule has 0 aromatic rings. The third-order valence-corrected chi connectivity index (χ3v) is 3.66. The molecule has 0 fully saturated rings. The molecule has 0 aromatic heterocycles. The van der Waals surface area contributed by atoms with E-state index in [1.54, 1.807) is 0 Å². The van der Waals surface area contributed by atoms with Gasteiger partial charge in [-0.25, -0.2) is 0 Å². The van der Waals surface area contributed by atoms with Crippen molar-refractivity contribution >= 4 is 11.8 Å². The molecular formula is C18H36N4O2.